The molecule has 1 unspecified atom stereocenters. The minimum Gasteiger partial charge on any atom is -0.376 e. The summed E-state index contributed by atoms with van der Waals surface area (Å²) in [6.07, 6.45) is 6.21. The van der Waals surface area contributed by atoms with Crippen LogP contribution < -0.4 is 5.32 Å². The lowest BCUT2D eigenvalue weighted by Crippen LogP contribution is -2.47. The van der Waals surface area contributed by atoms with E-state index in [9.17, 15) is 0 Å². The summed E-state index contributed by atoms with van der Waals surface area (Å²) in [4.78, 5) is 11.1. The van der Waals surface area contributed by atoms with Crippen LogP contribution in [-0.4, -0.2) is 66.1 Å². The maximum atomic E-state index is 6.10. The number of aromatic nitrogens is 2. The summed E-state index contributed by atoms with van der Waals surface area (Å²) in [5, 5.41) is 7.26. The molecule has 0 aliphatic carbocycles. The number of likely N-dealkylation sites (tertiary alicyclic amines) is 1. The number of halogens is 1. The Morgan fingerprint density at radius 2 is 2.11 bits per heavy atom. The molecule has 2 saturated heterocycles. The maximum absolute atomic E-state index is 6.10. The molecular formula is C18H32IN5O3. The number of aryl methyl sites for hydroxylation is 1. The molecule has 1 atom stereocenters. The third-order valence-electron chi connectivity index (χ3n) is 4.81. The fourth-order valence-electron chi connectivity index (χ4n) is 3.39. The number of guanidine groups is 1. The molecule has 2 fully saturated rings. The first kappa shape index (κ1) is 22.4. The van der Waals surface area contributed by atoms with Crippen LogP contribution >= 0.6 is 24.0 Å². The molecule has 1 N–H and O–H groups in total. The van der Waals surface area contributed by atoms with Crippen LogP contribution in [0.4, 0.5) is 0 Å². The van der Waals surface area contributed by atoms with Crippen molar-refractivity contribution in [2.24, 2.45) is 4.99 Å². The SMILES string of the molecule is CCNC(=NCc1noc(C)n1)N1CCC(OCC2CCCCO2)CC1.I. The summed E-state index contributed by atoms with van der Waals surface area (Å²) in [5.41, 5.74) is 0. The largest absolute Gasteiger partial charge is 0.376 e. The van der Waals surface area contributed by atoms with Gasteiger partial charge in [-0.05, 0) is 39.0 Å². The van der Waals surface area contributed by atoms with Crippen molar-refractivity contribution in [3.05, 3.63) is 11.7 Å². The molecule has 154 valence electrons. The van der Waals surface area contributed by atoms with E-state index in [0.717, 1.165) is 58.1 Å². The van der Waals surface area contributed by atoms with Crippen molar-refractivity contribution in [1.29, 1.82) is 0 Å². The minimum absolute atomic E-state index is 0. The Bertz CT molecular complexity index is 569. The summed E-state index contributed by atoms with van der Waals surface area (Å²) in [5.74, 6) is 2.09. The van der Waals surface area contributed by atoms with Gasteiger partial charge in [0.2, 0.25) is 5.89 Å². The molecule has 3 rings (SSSR count). The van der Waals surface area contributed by atoms with Crippen molar-refractivity contribution in [1.82, 2.24) is 20.4 Å². The van der Waals surface area contributed by atoms with Crippen LogP contribution in [0.2, 0.25) is 0 Å². The summed E-state index contributed by atoms with van der Waals surface area (Å²) < 4.78 is 16.9. The molecule has 8 nitrogen and oxygen atoms in total. The lowest BCUT2D eigenvalue weighted by molar-refractivity contribution is -0.0721. The second-order valence-corrected chi connectivity index (χ2v) is 6.91. The Labute approximate surface area is 178 Å². The maximum Gasteiger partial charge on any atom is 0.223 e. The van der Waals surface area contributed by atoms with E-state index < -0.39 is 0 Å². The first-order valence-corrected chi connectivity index (χ1v) is 9.80. The molecule has 2 aliphatic heterocycles. The van der Waals surface area contributed by atoms with Crippen LogP contribution in [-0.2, 0) is 16.0 Å². The molecule has 0 saturated carbocycles. The molecule has 2 aliphatic rings. The van der Waals surface area contributed by atoms with Crippen LogP contribution in [0.15, 0.2) is 9.52 Å². The molecule has 0 amide bonds. The van der Waals surface area contributed by atoms with Crippen molar-refractivity contribution in [3.8, 4) is 0 Å². The summed E-state index contributed by atoms with van der Waals surface area (Å²) in [6, 6.07) is 0. The van der Waals surface area contributed by atoms with E-state index in [2.05, 4.69) is 32.3 Å². The van der Waals surface area contributed by atoms with Gasteiger partial charge in [-0.3, -0.25) is 0 Å². The van der Waals surface area contributed by atoms with Crippen molar-refractivity contribution < 1.29 is 14.0 Å². The molecule has 0 aromatic carbocycles. The van der Waals surface area contributed by atoms with E-state index in [-0.39, 0.29) is 24.0 Å². The van der Waals surface area contributed by atoms with E-state index in [4.69, 9.17) is 14.0 Å². The van der Waals surface area contributed by atoms with Gasteiger partial charge in [-0.1, -0.05) is 5.16 Å². The van der Waals surface area contributed by atoms with Gasteiger partial charge >= 0.3 is 0 Å². The smallest absolute Gasteiger partial charge is 0.223 e. The first-order valence-electron chi connectivity index (χ1n) is 9.80. The normalized spacial score (nSPS) is 21.8. The lowest BCUT2D eigenvalue weighted by Gasteiger charge is -2.35. The molecule has 27 heavy (non-hydrogen) atoms. The Balaban J connectivity index is 0.00000261. The van der Waals surface area contributed by atoms with Gasteiger partial charge < -0.3 is 24.2 Å². The topological polar surface area (TPSA) is 85.0 Å². The van der Waals surface area contributed by atoms with Gasteiger partial charge in [0.25, 0.3) is 0 Å². The van der Waals surface area contributed by atoms with E-state index in [1.54, 1.807) is 6.92 Å². The van der Waals surface area contributed by atoms with E-state index >= 15 is 0 Å². The number of ether oxygens (including phenoxy) is 2. The Morgan fingerprint density at radius 1 is 1.30 bits per heavy atom. The number of piperidine rings is 1. The highest BCUT2D eigenvalue weighted by molar-refractivity contribution is 14.0. The standard InChI is InChI=1S/C18H31N5O3.HI/c1-3-19-18(20-12-17-21-14(2)26-22-17)23-9-7-15(8-10-23)25-13-16-6-4-5-11-24-16;/h15-16H,3-13H2,1-2H3,(H,19,20);1H. The zero-order chi connectivity index (χ0) is 18.2. The minimum atomic E-state index is 0. The number of hydrogen-bond acceptors (Lipinski definition) is 6. The van der Waals surface area contributed by atoms with Gasteiger partial charge in [0.1, 0.15) is 6.54 Å². The van der Waals surface area contributed by atoms with Gasteiger partial charge in [-0.15, -0.1) is 24.0 Å². The van der Waals surface area contributed by atoms with Crippen LogP contribution in [0.1, 0.15) is 50.7 Å². The molecule has 0 spiro atoms. The number of nitrogens with zero attached hydrogens (tertiary/aromatic N) is 4. The van der Waals surface area contributed by atoms with Crippen LogP contribution in [0.5, 0.6) is 0 Å². The molecule has 1 aromatic heterocycles. The van der Waals surface area contributed by atoms with Gasteiger partial charge in [0.15, 0.2) is 11.8 Å². The van der Waals surface area contributed by atoms with Crippen molar-refractivity contribution >= 4 is 29.9 Å². The van der Waals surface area contributed by atoms with Gasteiger partial charge in [-0.2, -0.15) is 4.98 Å². The van der Waals surface area contributed by atoms with Crippen LogP contribution in [0, 0.1) is 6.92 Å². The average Bonchev–Trinajstić information content (AvgIpc) is 3.10. The van der Waals surface area contributed by atoms with Crippen molar-refractivity contribution in [2.75, 3.05) is 32.8 Å². The lowest BCUT2D eigenvalue weighted by atomic mass is 10.1. The third kappa shape index (κ3) is 7.19. The van der Waals surface area contributed by atoms with Gasteiger partial charge in [0.05, 0.1) is 18.8 Å². The second kappa shape index (κ2) is 11.8. The van der Waals surface area contributed by atoms with Crippen molar-refractivity contribution in [2.45, 2.75) is 64.7 Å². The highest BCUT2D eigenvalue weighted by Crippen LogP contribution is 2.18. The summed E-state index contributed by atoms with van der Waals surface area (Å²) >= 11 is 0. The Morgan fingerprint density at radius 3 is 2.74 bits per heavy atom. The average molecular weight is 493 g/mol. The quantitative estimate of drug-likeness (QED) is 0.371. The summed E-state index contributed by atoms with van der Waals surface area (Å²) in [6.45, 7) is 8.61. The van der Waals surface area contributed by atoms with E-state index in [0.29, 0.717) is 30.5 Å². The highest BCUT2D eigenvalue weighted by Gasteiger charge is 2.23. The zero-order valence-electron chi connectivity index (χ0n) is 16.4. The van der Waals surface area contributed by atoms with Gasteiger partial charge in [0, 0.05) is 33.2 Å². The van der Waals surface area contributed by atoms with Gasteiger partial charge in [-0.25, -0.2) is 4.99 Å². The van der Waals surface area contributed by atoms with Crippen LogP contribution in [0.25, 0.3) is 0 Å². The highest BCUT2D eigenvalue weighted by atomic mass is 127. The Kier molecular flexibility index (Phi) is 9.77. The third-order valence-corrected chi connectivity index (χ3v) is 4.81. The molecule has 3 heterocycles. The molecule has 9 heteroatoms. The zero-order valence-corrected chi connectivity index (χ0v) is 18.7. The predicted octanol–water partition coefficient (Wildman–Crippen LogP) is 2.51. The fraction of sp³-hybridized carbons (Fsp3) is 0.833. The summed E-state index contributed by atoms with van der Waals surface area (Å²) in [7, 11) is 0. The predicted molar refractivity (Wildman–Crippen MR) is 113 cm³/mol. The Hall–Kier alpha value is -0.940. The van der Waals surface area contributed by atoms with E-state index in [1.165, 1.54) is 12.8 Å². The first-order chi connectivity index (χ1) is 12.7. The molecular weight excluding hydrogens is 461 g/mol. The second-order valence-electron chi connectivity index (χ2n) is 6.91. The van der Waals surface area contributed by atoms with Crippen molar-refractivity contribution in [3.63, 3.8) is 0 Å². The fourth-order valence-corrected chi connectivity index (χ4v) is 3.39. The molecule has 0 bridgehead atoms. The number of hydrogen-bond donors (Lipinski definition) is 1. The number of nitrogens with one attached hydrogen (secondary N) is 1. The number of rotatable bonds is 6. The monoisotopic (exact) mass is 493 g/mol. The number of aliphatic imine (C=N–C) groups is 1. The molecule has 1 aromatic rings. The molecule has 0 radical (unpaired) electrons. The van der Waals surface area contributed by atoms with E-state index in [1.807, 2.05) is 0 Å². The van der Waals surface area contributed by atoms with Crippen LogP contribution in [0.3, 0.4) is 0 Å².